The summed E-state index contributed by atoms with van der Waals surface area (Å²) in [5, 5.41) is 11.8. The van der Waals surface area contributed by atoms with Gasteiger partial charge in [0, 0.05) is 10.9 Å². The summed E-state index contributed by atoms with van der Waals surface area (Å²) in [6.07, 6.45) is -4.41. The fourth-order valence-electron chi connectivity index (χ4n) is 3.90. The van der Waals surface area contributed by atoms with Crippen LogP contribution < -0.4 is 5.32 Å². The van der Waals surface area contributed by atoms with Crippen molar-refractivity contribution < 1.29 is 31.9 Å². The lowest BCUT2D eigenvalue weighted by atomic mass is 9.82. The van der Waals surface area contributed by atoms with E-state index in [-0.39, 0.29) is 43.2 Å². The highest BCUT2D eigenvalue weighted by Gasteiger charge is 2.42. The fraction of sp³-hybridized carbons (Fsp3) is 0.500. The molecule has 176 valence electrons. The minimum atomic E-state index is -4.64. The van der Waals surface area contributed by atoms with E-state index in [9.17, 15) is 18.0 Å². The molecule has 1 saturated heterocycles. The van der Waals surface area contributed by atoms with Crippen LogP contribution in [0.2, 0.25) is 5.02 Å². The van der Waals surface area contributed by atoms with Gasteiger partial charge in [-0.1, -0.05) is 11.6 Å². The van der Waals surface area contributed by atoms with Gasteiger partial charge >= 0.3 is 6.36 Å². The van der Waals surface area contributed by atoms with Crippen molar-refractivity contribution in [2.45, 2.75) is 56.2 Å². The van der Waals surface area contributed by atoms with Crippen LogP contribution in [0.4, 0.5) is 13.2 Å². The summed E-state index contributed by atoms with van der Waals surface area (Å²) < 4.78 is 53.1. The average Bonchev–Trinajstić information content (AvgIpc) is 3.37. The molecule has 13 heteroatoms. The van der Waals surface area contributed by atoms with Crippen LogP contribution in [0, 0.1) is 0 Å². The van der Waals surface area contributed by atoms with Crippen molar-refractivity contribution >= 4 is 39.1 Å². The van der Waals surface area contributed by atoms with E-state index in [2.05, 4.69) is 25.2 Å². The fourth-order valence-corrected chi connectivity index (χ4v) is 4.91. The van der Waals surface area contributed by atoms with Crippen LogP contribution >= 0.6 is 22.9 Å². The topological polar surface area (TPSA) is 99.4 Å². The van der Waals surface area contributed by atoms with Crippen LogP contribution in [0.25, 0.3) is 10.2 Å². The molecule has 0 spiro atoms. The molecule has 1 saturated carbocycles. The van der Waals surface area contributed by atoms with Crippen molar-refractivity contribution in [1.82, 2.24) is 20.5 Å². The van der Waals surface area contributed by atoms with Gasteiger partial charge in [0.2, 0.25) is 11.8 Å². The molecule has 1 aliphatic carbocycles. The summed E-state index contributed by atoms with van der Waals surface area (Å²) in [5.74, 6) is 0.0537. The number of hydrogen-bond acceptors (Lipinski definition) is 8. The molecule has 0 bridgehead atoms. The van der Waals surface area contributed by atoms with Crippen LogP contribution in [-0.4, -0.2) is 46.2 Å². The highest BCUT2D eigenvalue weighted by molar-refractivity contribution is 7.20. The van der Waals surface area contributed by atoms with E-state index in [1.807, 2.05) is 6.07 Å². The van der Waals surface area contributed by atoms with Gasteiger partial charge in [-0.15, -0.1) is 34.7 Å². The number of amides is 1. The van der Waals surface area contributed by atoms with Crippen LogP contribution in [0.5, 0.6) is 0 Å². The molecular formula is C20H18ClF3N4O4S. The van der Waals surface area contributed by atoms with E-state index >= 15 is 0 Å². The first-order valence-electron chi connectivity index (χ1n) is 10.3. The number of benzene rings is 1. The Morgan fingerprint density at radius 2 is 2.00 bits per heavy atom. The van der Waals surface area contributed by atoms with Gasteiger partial charge in [-0.25, -0.2) is 4.98 Å². The second-order valence-corrected chi connectivity index (χ2v) is 9.50. The number of ether oxygens (including phenoxy) is 2. The van der Waals surface area contributed by atoms with Crippen molar-refractivity contribution in [3.8, 4) is 0 Å². The number of hydrogen-bond donors (Lipinski definition) is 1. The van der Waals surface area contributed by atoms with E-state index < -0.39 is 18.6 Å². The van der Waals surface area contributed by atoms with E-state index in [1.54, 1.807) is 12.1 Å². The average molecular weight is 503 g/mol. The molecule has 2 fully saturated rings. The molecule has 2 aromatic heterocycles. The number of aromatic nitrogens is 3. The number of nitrogens with zero attached hydrogens (tertiary/aromatic N) is 3. The highest BCUT2D eigenvalue weighted by Crippen LogP contribution is 2.41. The summed E-state index contributed by atoms with van der Waals surface area (Å²) in [6.45, 7) is 0.260. The SMILES string of the molecule is O=C(N[C@@H]1CC[C@@H](c2nnc(C3CC(OC(F)(F)F)C3)o2)OC1)c1nc2cc(Cl)ccc2s1. The summed E-state index contributed by atoms with van der Waals surface area (Å²) in [4.78, 5) is 16.9. The molecule has 1 N–H and O–H groups in total. The molecule has 8 nitrogen and oxygen atoms in total. The van der Waals surface area contributed by atoms with Crippen LogP contribution in [0.3, 0.4) is 0 Å². The quantitative estimate of drug-likeness (QED) is 0.536. The molecule has 0 radical (unpaired) electrons. The lowest BCUT2D eigenvalue weighted by Crippen LogP contribution is -2.41. The van der Waals surface area contributed by atoms with Gasteiger partial charge < -0.3 is 14.5 Å². The van der Waals surface area contributed by atoms with Crippen LogP contribution in [-0.2, 0) is 9.47 Å². The molecule has 1 aromatic carbocycles. The second kappa shape index (κ2) is 8.82. The lowest BCUT2D eigenvalue weighted by Gasteiger charge is -2.33. The van der Waals surface area contributed by atoms with Crippen molar-refractivity contribution in [3.63, 3.8) is 0 Å². The Kier molecular flexibility index (Phi) is 6.02. The first-order chi connectivity index (χ1) is 15.7. The molecule has 3 aromatic rings. The molecule has 5 rings (SSSR count). The number of carbonyl (C=O) groups is 1. The maximum atomic E-state index is 12.6. The van der Waals surface area contributed by atoms with Crippen LogP contribution in [0.15, 0.2) is 22.6 Å². The zero-order chi connectivity index (χ0) is 23.2. The van der Waals surface area contributed by atoms with Gasteiger partial charge in [0.25, 0.3) is 5.91 Å². The van der Waals surface area contributed by atoms with Crippen molar-refractivity contribution in [2.24, 2.45) is 0 Å². The van der Waals surface area contributed by atoms with Crippen molar-refractivity contribution in [3.05, 3.63) is 40.0 Å². The molecular weight excluding hydrogens is 485 g/mol. The third kappa shape index (κ3) is 5.13. The van der Waals surface area contributed by atoms with Gasteiger partial charge in [0.15, 0.2) is 5.01 Å². The van der Waals surface area contributed by atoms with Gasteiger partial charge in [-0.05, 0) is 43.9 Å². The molecule has 1 aliphatic heterocycles. The molecule has 2 aliphatic rings. The predicted octanol–water partition coefficient (Wildman–Crippen LogP) is 4.77. The van der Waals surface area contributed by atoms with Crippen LogP contribution in [0.1, 0.15) is 59.3 Å². The Balaban J connectivity index is 1.11. The Morgan fingerprint density at radius 1 is 1.21 bits per heavy atom. The second-order valence-electron chi connectivity index (χ2n) is 8.03. The number of thiazole rings is 1. The Labute approximate surface area is 194 Å². The Morgan fingerprint density at radius 3 is 2.73 bits per heavy atom. The minimum absolute atomic E-state index is 0.179. The van der Waals surface area contributed by atoms with E-state index in [1.165, 1.54) is 11.3 Å². The summed E-state index contributed by atoms with van der Waals surface area (Å²) in [5.41, 5.74) is 0.674. The van der Waals surface area contributed by atoms with E-state index in [4.69, 9.17) is 20.8 Å². The van der Waals surface area contributed by atoms with Gasteiger partial charge in [0.05, 0.1) is 29.0 Å². The molecule has 2 atom stereocenters. The smallest absolute Gasteiger partial charge is 0.422 e. The first-order valence-corrected chi connectivity index (χ1v) is 11.5. The maximum Gasteiger partial charge on any atom is 0.522 e. The number of fused-ring (bicyclic) bond motifs is 1. The normalized spacial score (nSPS) is 25.7. The van der Waals surface area contributed by atoms with Gasteiger partial charge in [0.1, 0.15) is 6.10 Å². The molecule has 3 heterocycles. The third-order valence-corrected chi connectivity index (χ3v) is 6.90. The number of alkyl halides is 3. The standard InChI is InChI=1S/C20H18ClF3N4O4S/c21-10-1-4-15-13(7-10)26-19(33-15)16(29)25-11-2-3-14(30-8-11)18-28-27-17(31-18)9-5-12(6-9)32-20(22,23)24/h1,4,7,9,11-12,14H,2-3,5-6,8H2,(H,25,29)/t9?,11-,12?,14+/m1/s1. The predicted molar refractivity (Wildman–Crippen MR) is 111 cm³/mol. The van der Waals surface area contributed by atoms with Crippen molar-refractivity contribution in [1.29, 1.82) is 0 Å². The first kappa shape index (κ1) is 22.5. The monoisotopic (exact) mass is 502 g/mol. The summed E-state index contributed by atoms with van der Waals surface area (Å²) >= 11 is 7.26. The Bertz CT molecular complexity index is 1160. The molecule has 1 amide bonds. The zero-order valence-corrected chi connectivity index (χ0v) is 18.5. The van der Waals surface area contributed by atoms with Crippen molar-refractivity contribution in [2.75, 3.05) is 6.61 Å². The summed E-state index contributed by atoms with van der Waals surface area (Å²) in [6, 6.07) is 5.09. The molecule has 33 heavy (non-hydrogen) atoms. The number of rotatable bonds is 5. The highest BCUT2D eigenvalue weighted by atomic mass is 35.5. The zero-order valence-electron chi connectivity index (χ0n) is 17.0. The van der Waals surface area contributed by atoms with Gasteiger partial charge in [-0.2, -0.15) is 0 Å². The third-order valence-electron chi connectivity index (χ3n) is 5.63. The largest absolute Gasteiger partial charge is 0.522 e. The summed E-state index contributed by atoms with van der Waals surface area (Å²) in [7, 11) is 0. The molecule has 0 unspecified atom stereocenters. The number of halogens is 4. The Hall–Kier alpha value is -2.28. The number of nitrogens with one attached hydrogen (secondary N) is 1. The van der Waals surface area contributed by atoms with E-state index in [0.717, 1.165) is 4.70 Å². The minimum Gasteiger partial charge on any atom is -0.422 e. The number of carbonyl (C=O) groups excluding carboxylic acids is 1. The maximum absolute atomic E-state index is 12.6. The lowest BCUT2D eigenvalue weighted by molar-refractivity contribution is -0.352. The van der Waals surface area contributed by atoms with E-state index in [0.29, 0.717) is 34.3 Å². The van der Waals surface area contributed by atoms with Gasteiger partial charge in [-0.3, -0.25) is 9.53 Å².